The molecule has 0 heterocycles. The first-order chi connectivity index (χ1) is 9.60. The van der Waals surface area contributed by atoms with E-state index in [0.29, 0.717) is 0 Å². The van der Waals surface area contributed by atoms with E-state index in [-0.39, 0.29) is 16.1 Å². The highest BCUT2D eigenvalue weighted by Crippen LogP contribution is 2.29. The number of nitro groups is 1. The largest absolute Gasteiger partial charge is 0.368 e. The maximum absolute atomic E-state index is 12.1. The van der Waals surface area contributed by atoms with E-state index >= 15 is 0 Å². The Morgan fingerprint density at radius 1 is 1.43 bits per heavy atom. The van der Waals surface area contributed by atoms with Crippen LogP contribution in [-0.2, 0) is 14.8 Å². The first kappa shape index (κ1) is 16.8. The molecule has 1 aromatic rings. The van der Waals surface area contributed by atoms with E-state index in [0.717, 1.165) is 6.07 Å². The minimum Gasteiger partial charge on any atom is -0.368 e. The van der Waals surface area contributed by atoms with Crippen molar-refractivity contribution in [3.8, 4) is 0 Å². The second kappa shape index (κ2) is 6.03. The second-order valence-electron chi connectivity index (χ2n) is 4.28. The van der Waals surface area contributed by atoms with Crippen LogP contribution in [0, 0.1) is 17.0 Å². The summed E-state index contributed by atoms with van der Waals surface area (Å²) in [6.07, 6.45) is 0. The van der Waals surface area contributed by atoms with E-state index in [9.17, 15) is 23.3 Å². The Labute approximate surface area is 120 Å². The molecular formula is C10H15N5O5S. The number of hydrogen-bond acceptors (Lipinski definition) is 7. The van der Waals surface area contributed by atoms with E-state index in [4.69, 9.17) is 11.6 Å². The summed E-state index contributed by atoms with van der Waals surface area (Å²) in [6, 6.07) is 0.933. The van der Waals surface area contributed by atoms with Gasteiger partial charge in [0.25, 0.3) is 5.69 Å². The number of carbonyl (C=O) groups excluding carboxylic acids is 1. The van der Waals surface area contributed by atoms with Gasteiger partial charge >= 0.3 is 0 Å². The van der Waals surface area contributed by atoms with E-state index in [2.05, 4.69) is 5.43 Å². The fourth-order valence-electron chi connectivity index (χ4n) is 1.59. The number of nitro benzene ring substituents is 1. The molecule has 0 saturated heterocycles. The predicted octanol–water partition coefficient (Wildman–Crippen LogP) is -0.659. The third kappa shape index (κ3) is 3.65. The molecule has 1 unspecified atom stereocenters. The Balaban J connectivity index is 3.39. The maximum atomic E-state index is 12.1. The molecule has 0 aliphatic heterocycles. The monoisotopic (exact) mass is 317 g/mol. The molecule has 0 radical (unpaired) electrons. The lowest BCUT2D eigenvalue weighted by atomic mass is 10.2. The van der Waals surface area contributed by atoms with Crippen molar-refractivity contribution >= 4 is 27.3 Å². The molecule has 0 aromatic heterocycles. The van der Waals surface area contributed by atoms with Crippen LogP contribution in [0.5, 0.6) is 0 Å². The van der Waals surface area contributed by atoms with E-state index in [1.54, 1.807) is 0 Å². The second-order valence-corrected chi connectivity index (χ2v) is 5.96. The number of anilines is 1. The predicted molar refractivity (Wildman–Crippen MR) is 74.6 cm³/mol. The number of nitrogens with one attached hydrogen (secondary N) is 2. The lowest BCUT2D eigenvalue weighted by Gasteiger charge is -2.13. The lowest BCUT2D eigenvalue weighted by molar-refractivity contribution is -0.384. The number of rotatable bonds is 6. The molecule has 0 bridgehead atoms. The van der Waals surface area contributed by atoms with Crippen molar-refractivity contribution in [2.45, 2.75) is 24.8 Å². The normalized spacial score (nSPS) is 12.7. The quantitative estimate of drug-likeness (QED) is 0.306. The Kier molecular flexibility index (Phi) is 4.83. The molecule has 21 heavy (non-hydrogen) atoms. The molecule has 1 aromatic carbocycles. The van der Waals surface area contributed by atoms with Crippen molar-refractivity contribution in [1.82, 2.24) is 4.72 Å². The van der Waals surface area contributed by atoms with Gasteiger partial charge in [0.05, 0.1) is 15.9 Å². The summed E-state index contributed by atoms with van der Waals surface area (Å²) in [5.74, 6) is 4.29. The Hall–Kier alpha value is -2.24. The molecular weight excluding hydrogens is 302 g/mol. The molecule has 0 saturated carbocycles. The molecule has 11 heteroatoms. The number of nitrogen functional groups attached to an aromatic ring is 1. The van der Waals surface area contributed by atoms with Crippen LogP contribution in [0.4, 0.5) is 11.4 Å². The highest BCUT2D eigenvalue weighted by molar-refractivity contribution is 7.89. The molecule has 1 rings (SSSR count). The van der Waals surface area contributed by atoms with E-state index in [1.165, 1.54) is 19.9 Å². The summed E-state index contributed by atoms with van der Waals surface area (Å²) in [6.45, 7) is 2.70. The van der Waals surface area contributed by atoms with Crippen molar-refractivity contribution in [3.63, 3.8) is 0 Å². The highest BCUT2D eigenvalue weighted by atomic mass is 32.2. The van der Waals surface area contributed by atoms with Gasteiger partial charge in [0.1, 0.15) is 5.69 Å². The molecule has 1 atom stereocenters. The molecule has 0 fully saturated rings. The average molecular weight is 317 g/mol. The van der Waals surface area contributed by atoms with Crippen LogP contribution in [0.2, 0.25) is 0 Å². The fourth-order valence-corrected chi connectivity index (χ4v) is 3.05. The number of nitrogens with two attached hydrogens (primary N) is 2. The summed E-state index contributed by atoms with van der Waals surface area (Å²) < 4.78 is 26.3. The van der Waals surface area contributed by atoms with Crippen LogP contribution in [0.25, 0.3) is 0 Å². The van der Waals surface area contributed by atoms with Gasteiger partial charge in [-0.05, 0) is 25.5 Å². The van der Waals surface area contributed by atoms with Crippen LogP contribution in [-0.4, -0.2) is 25.3 Å². The van der Waals surface area contributed by atoms with Crippen LogP contribution in [0.1, 0.15) is 12.5 Å². The Morgan fingerprint density at radius 2 is 2.00 bits per heavy atom. The van der Waals surface area contributed by atoms with Crippen molar-refractivity contribution in [1.29, 1.82) is 0 Å². The lowest BCUT2D eigenvalue weighted by Crippen LogP contribution is -2.42. The van der Waals surface area contributed by atoms with Gasteiger partial charge in [-0.3, -0.25) is 20.8 Å². The standard InChI is InChI=1S/C10H15N5O5S/c1-5-3-7(13-12)8(15(17)18)4-9(5)21(19,20)14-6(2)10(11)16/h3-4,6,13-14H,12H2,1-2H3,(H2,11,16). The third-order valence-electron chi connectivity index (χ3n) is 2.69. The van der Waals surface area contributed by atoms with E-state index < -0.39 is 32.6 Å². The number of benzene rings is 1. The number of hydrazine groups is 1. The maximum Gasteiger partial charge on any atom is 0.295 e. The smallest absolute Gasteiger partial charge is 0.295 e. The molecule has 0 aliphatic rings. The van der Waals surface area contributed by atoms with Crippen molar-refractivity contribution < 1.29 is 18.1 Å². The van der Waals surface area contributed by atoms with Crippen molar-refractivity contribution in [3.05, 3.63) is 27.8 Å². The minimum atomic E-state index is -4.14. The first-order valence-electron chi connectivity index (χ1n) is 5.67. The first-order valence-corrected chi connectivity index (χ1v) is 7.15. The zero-order valence-electron chi connectivity index (χ0n) is 11.3. The van der Waals surface area contributed by atoms with Gasteiger partial charge in [0.15, 0.2) is 0 Å². The van der Waals surface area contributed by atoms with Gasteiger partial charge < -0.3 is 11.2 Å². The van der Waals surface area contributed by atoms with E-state index in [1.807, 2.05) is 4.72 Å². The van der Waals surface area contributed by atoms with Gasteiger partial charge in [0.2, 0.25) is 15.9 Å². The molecule has 10 nitrogen and oxygen atoms in total. The molecule has 1 amide bonds. The summed E-state index contributed by atoms with van der Waals surface area (Å²) in [7, 11) is -4.14. The van der Waals surface area contributed by atoms with Crippen molar-refractivity contribution in [2.75, 3.05) is 5.43 Å². The third-order valence-corrected chi connectivity index (χ3v) is 4.38. The SMILES string of the molecule is Cc1cc(NN)c([N+](=O)[O-])cc1S(=O)(=O)NC(C)C(N)=O. The van der Waals surface area contributed by atoms with Crippen LogP contribution in [0.15, 0.2) is 17.0 Å². The molecule has 116 valence electrons. The van der Waals surface area contributed by atoms with Gasteiger partial charge in [-0.15, -0.1) is 0 Å². The Bertz CT molecular complexity index is 687. The van der Waals surface area contributed by atoms with Gasteiger partial charge in [-0.1, -0.05) is 0 Å². The summed E-state index contributed by atoms with van der Waals surface area (Å²) in [4.78, 5) is 20.7. The summed E-state index contributed by atoms with van der Waals surface area (Å²) >= 11 is 0. The van der Waals surface area contributed by atoms with Crippen LogP contribution in [0.3, 0.4) is 0 Å². The number of carbonyl (C=O) groups is 1. The molecule has 0 spiro atoms. The van der Waals surface area contributed by atoms with Crippen LogP contribution < -0.4 is 21.7 Å². The summed E-state index contributed by atoms with van der Waals surface area (Å²) in [5, 5.41) is 10.9. The molecule has 6 N–H and O–H groups in total. The fraction of sp³-hybridized carbons (Fsp3) is 0.300. The zero-order chi connectivity index (χ0) is 16.4. The van der Waals surface area contributed by atoms with Gasteiger partial charge in [-0.2, -0.15) is 4.72 Å². The summed E-state index contributed by atoms with van der Waals surface area (Å²) in [5.41, 5.74) is 6.79. The number of aryl methyl sites for hydroxylation is 1. The number of amides is 1. The zero-order valence-corrected chi connectivity index (χ0v) is 12.1. The average Bonchev–Trinajstić information content (AvgIpc) is 2.36. The number of sulfonamides is 1. The Morgan fingerprint density at radius 3 is 2.43 bits per heavy atom. The van der Waals surface area contributed by atoms with Crippen molar-refractivity contribution in [2.24, 2.45) is 11.6 Å². The van der Waals surface area contributed by atoms with Gasteiger partial charge in [0, 0.05) is 6.07 Å². The number of hydrogen-bond donors (Lipinski definition) is 4. The topological polar surface area (TPSA) is 170 Å². The highest BCUT2D eigenvalue weighted by Gasteiger charge is 2.26. The van der Waals surface area contributed by atoms with Crippen LogP contribution >= 0.6 is 0 Å². The molecule has 0 aliphatic carbocycles. The minimum absolute atomic E-state index is 0.0283. The number of nitrogens with zero attached hydrogens (tertiary/aromatic N) is 1. The van der Waals surface area contributed by atoms with Gasteiger partial charge in [-0.25, -0.2) is 8.42 Å². The number of primary amides is 1.